The lowest BCUT2D eigenvalue weighted by Crippen LogP contribution is -2.61. The number of rotatable bonds is 22. The van der Waals surface area contributed by atoms with E-state index in [9.17, 15) is 53.4 Å². The van der Waals surface area contributed by atoms with Gasteiger partial charge < -0.3 is 47.0 Å². The summed E-state index contributed by atoms with van der Waals surface area (Å²) in [7, 11) is 0. The molecule has 1 heterocycles. The number of carbonyl (C=O) groups excluding carboxylic acids is 7. The lowest BCUT2D eigenvalue weighted by molar-refractivity contribution is -0.144. The van der Waals surface area contributed by atoms with Gasteiger partial charge in [-0.3, -0.25) is 43.2 Å². The second-order valence-electron chi connectivity index (χ2n) is 14.4. The molecule has 1 unspecified atom stereocenters. The fourth-order valence-electron chi connectivity index (χ4n) is 6.21. The maximum Gasteiger partial charge on any atom is 0.305 e. The van der Waals surface area contributed by atoms with Crippen molar-refractivity contribution in [2.45, 2.75) is 129 Å². The van der Waals surface area contributed by atoms with E-state index in [0.29, 0.717) is 32.1 Å². The molecule has 56 heavy (non-hydrogen) atoms. The van der Waals surface area contributed by atoms with Crippen molar-refractivity contribution in [2.24, 2.45) is 11.8 Å². The maximum atomic E-state index is 14.1. The van der Waals surface area contributed by atoms with Crippen LogP contribution in [0.3, 0.4) is 0 Å². The highest BCUT2D eigenvalue weighted by Crippen LogP contribution is 2.21. The van der Waals surface area contributed by atoms with E-state index in [2.05, 4.69) is 31.9 Å². The number of carbonyl (C=O) groups is 9. The Kier molecular flexibility index (Phi) is 18.9. The number of aliphatic carboxylic acids is 2. The summed E-state index contributed by atoms with van der Waals surface area (Å²) < 4.78 is 0. The number of carboxylic acid groups (broad SMARTS) is 2. The standard InChI is InChI=1S/C38H57N7O11/c1-7-13-25(33(51)39-20-24-14-10-9-11-15-24)41-36(54)28-16-12-17-45(28)38(56)31(21(3)4)43-37(55)32(22(5)8-2)44-35(53)27(19-30(49)50)42-34(52)26(18-29(47)48)40-23(6)46/h9-11,14-15,21-22,25-28,31-32H,7-8,12-13,16-20H2,1-6H3,(H,39,51)(H,40,46)(H,41,54)(H,42,52)(H,43,55)(H,44,53)(H,47,48)(H,49,50)/t22-,25?,26-,27+,28-,31-,32-/m0/s1. The lowest BCUT2D eigenvalue weighted by atomic mass is 9.95. The molecule has 1 saturated heterocycles. The monoisotopic (exact) mass is 787 g/mol. The first-order valence-corrected chi connectivity index (χ1v) is 18.9. The van der Waals surface area contributed by atoms with Gasteiger partial charge in [0.2, 0.25) is 41.4 Å². The van der Waals surface area contributed by atoms with Crippen LogP contribution in [0.25, 0.3) is 0 Å². The highest BCUT2D eigenvalue weighted by molar-refractivity contribution is 5.98. The fraction of sp³-hybridized carbons (Fsp3) is 0.605. The van der Waals surface area contributed by atoms with Gasteiger partial charge in [-0.25, -0.2) is 0 Å². The number of amides is 7. The zero-order valence-corrected chi connectivity index (χ0v) is 32.9. The molecule has 1 aliphatic rings. The SMILES string of the molecule is CCCC(NC(=O)[C@@H]1CCCN1C(=O)[C@@H](NC(=O)[C@@H](NC(=O)[C@@H](CC(=O)O)NC(=O)[C@H](CC(=O)O)NC(C)=O)[C@@H](C)CC)C(C)C)C(=O)NCc1ccccc1. The summed E-state index contributed by atoms with van der Waals surface area (Å²) in [5.41, 5.74) is 0.892. The number of nitrogens with zero attached hydrogens (tertiary/aromatic N) is 1. The third-order valence-electron chi connectivity index (χ3n) is 9.47. The normalized spacial score (nSPS) is 16.9. The van der Waals surface area contributed by atoms with E-state index in [1.165, 1.54) is 4.90 Å². The summed E-state index contributed by atoms with van der Waals surface area (Å²) in [5.74, 6) is -9.10. The summed E-state index contributed by atoms with van der Waals surface area (Å²) in [6.45, 7) is 10.2. The van der Waals surface area contributed by atoms with Crippen molar-refractivity contribution in [2.75, 3.05) is 6.54 Å². The molecule has 310 valence electrons. The summed E-state index contributed by atoms with van der Waals surface area (Å²) in [6.07, 6.45) is 0.374. The molecule has 1 fully saturated rings. The number of hydrogen-bond donors (Lipinski definition) is 8. The molecule has 0 bridgehead atoms. The molecular formula is C38H57N7O11. The van der Waals surface area contributed by atoms with Gasteiger partial charge in [0.15, 0.2) is 0 Å². The molecule has 18 heteroatoms. The minimum Gasteiger partial charge on any atom is -0.481 e. The third kappa shape index (κ3) is 14.6. The Balaban J connectivity index is 2.23. The zero-order chi connectivity index (χ0) is 42.1. The number of carboxylic acids is 2. The van der Waals surface area contributed by atoms with Gasteiger partial charge in [-0.2, -0.15) is 0 Å². The first-order valence-electron chi connectivity index (χ1n) is 18.9. The third-order valence-corrected chi connectivity index (χ3v) is 9.47. The zero-order valence-electron chi connectivity index (χ0n) is 32.9. The van der Waals surface area contributed by atoms with Gasteiger partial charge in [0.05, 0.1) is 12.8 Å². The molecule has 7 amide bonds. The average molecular weight is 788 g/mol. The van der Waals surface area contributed by atoms with Crippen molar-refractivity contribution in [3.8, 4) is 0 Å². The quantitative estimate of drug-likeness (QED) is 0.0786. The smallest absolute Gasteiger partial charge is 0.305 e. The van der Waals surface area contributed by atoms with E-state index in [4.69, 9.17) is 0 Å². The highest BCUT2D eigenvalue weighted by Gasteiger charge is 2.41. The van der Waals surface area contributed by atoms with Crippen molar-refractivity contribution in [1.29, 1.82) is 0 Å². The topological polar surface area (TPSA) is 270 Å². The molecule has 1 aliphatic heterocycles. The Hall–Kier alpha value is -5.55. The minimum atomic E-state index is -1.77. The lowest BCUT2D eigenvalue weighted by Gasteiger charge is -2.33. The molecule has 0 aliphatic carbocycles. The van der Waals surface area contributed by atoms with Crippen molar-refractivity contribution < 1.29 is 53.4 Å². The predicted octanol–water partition coefficient (Wildman–Crippen LogP) is 0.189. The predicted molar refractivity (Wildman–Crippen MR) is 202 cm³/mol. The van der Waals surface area contributed by atoms with Crippen LogP contribution in [0.5, 0.6) is 0 Å². The summed E-state index contributed by atoms with van der Waals surface area (Å²) in [4.78, 5) is 117. The van der Waals surface area contributed by atoms with Crippen LogP contribution in [0.15, 0.2) is 30.3 Å². The Bertz CT molecular complexity index is 1560. The molecule has 7 atom stereocenters. The van der Waals surface area contributed by atoms with Crippen LogP contribution in [-0.2, 0) is 49.7 Å². The molecular weight excluding hydrogens is 730 g/mol. The van der Waals surface area contributed by atoms with Crippen LogP contribution >= 0.6 is 0 Å². The average Bonchev–Trinajstić information content (AvgIpc) is 3.63. The first-order chi connectivity index (χ1) is 26.4. The molecule has 18 nitrogen and oxygen atoms in total. The second-order valence-corrected chi connectivity index (χ2v) is 14.4. The van der Waals surface area contributed by atoms with Gasteiger partial charge in [-0.05, 0) is 36.7 Å². The van der Waals surface area contributed by atoms with Crippen molar-refractivity contribution in [1.82, 2.24) is 36.8 Å². The highest BCUT2D eigenvalue weighted by atomic mass is 16.4. The van der Waals surface area contributed by atoms with Gasteiger partial charge in [-0.1, -0.05) is 77.8 Å². The molecule has 1 aromatic carbocycles. The van der Waals surface area contributed by atoms with Gasteiger partial charge in [-0.15, -0.1) is 0 Å². The van der Waals surface area contributed by atoms with Crippen LogP contribution in [0.4, 0.5) is 0 Å². The first kappa shape index (κ1) is 46.6. The largest absolute Gasteiger partial charge is 0.481 e. The molecule has 0 aromatic heterocycles. The molecule has 0 radical (unpaired) electrons. The minimum absolute atomic E-state index is 0.220. The van der Waals surface area contributed by atoms with E-state index < -0.39 is 108 Å². The summed E-state index contributed by atoms with van der Waals surface area (Å²) >= 11 is 0. The van der Waals surface area contributed by atoms with Crippen LogP contribution < -0.4 is 31.9 Å². The van der Waals surface area contributed by atoms with Gasteiger partial charge in [0.25, 0.3) is 0 Å². The Labute approximate surface area is 326 Å². The maximum absolute atomic E-state index is 14.1. The second kappa shape index (κ2) is 22.7. The van der Waals surface area contributed by atoms with E-state index in [0.717, 1.165) is 12.5 Å². The Morgan fingerprint density at radius 2 is 1.30 bits per heavy atom. The Morgan fingerprint density at radius 3 is 1.84 bits per heavy atom. The Morgan fingerprint density at radius 1 is 0.732 bits per heavy atom. The number of likely N-dealkylation sites (tertiary alicyclic amines) is 1. The molecule has 1 aromatic rings. The fourth-order valence-corrected chi connectivity index (χ4v) is 6.21. The number of hydrogen-bond acceptors (Lipinski definition) is 9. The van der Waals surface area contributed by atoms with Gasteiger partial charge in [0, 0.05) is 20.0 Å². The van der Waals surface area contributed by atoms with E-state index in [1.54, 1.807) is 27.7 Å². The molecule has 0 saturated carbocycles. The van der Waals surface area contributed by atoms with E-state index in [1.807, 2.05) is 37.3 Å². The van der Waals surface area contributed by atoms with Crippen LogP contribution in [-0.4, -0.2) is 111 Å². The molecule has 8 N–H and O–H groups in total. The van der Waals surface area contributed by atoms with Crippen molar-refractivity contribution in [3.63, 3.8) is 0 Å². The number of nitrogens with one attached hydrogen (secondary N) is 6. The van der Waals surface area contributed by atoms with Gasteiger partial charge in [0.1, 0.15) is 36.3 Å². The van der Waals surface area contributed by atoms with Crippen LogP contribution in [0, 0.1) is 11.8 Å². The van der Waals surface area contributed by atoms with Crippen molar-refractivity contribution >= 4 is 53.3 Å². The van der Waals surface area contributed by atoms with E-state index in [-0.39, 0.29) is 19.0 Å². The molecule has 0 spiro atoms. The van der Waals surface area contributed by atoms with Gasteiger partial charge >= 0.3 is 11.9 Å². The summed E-state index contributed by atoms with van der Waals surface area (Å²) in [6, 6.07) is 1.71. The summed E-state index contributed by atoms with van der Waals surface area (Å²) in [5, 5.41) is 33.8. The molecule has 2 rings (SSSR count). The van der Waals surface area contributed by atoms with Crippen LogP contribution in [0.2, 0.25) is 0 Å². The van der Waals surface area contributed by atoms with Crippen molar-refractivity contribution in [3.05, 3.63) is 35.9 Å². The number of benzene rings is 1. The van der Waals surface area contributed by atoms with E-state index >= 15 is 0 Å². The van der Waals surface area contributed by atoms with Crippen LogP contribution in [0.1, 0.15) is 92.1 Å².